The highest BCUT2D eigenvalue weighted by Crippen LogP contribution is 2.38. The molecule has 0 saturated heterocycles. The Morgan fingerprint density at radius 2 is 1.87 bits per heavy atom. The van der Waals surface area contributed by atoms with Gasteiger partial charge >= 0.3 is 5.97 Å². The van der Waals surface area contributed by atoms with Crippen LogP contribution in [0.25, 0.3) is 6.08 Å². The van der Waals surface area contributed by atoms with E-state index in [-0.39, 0.29) is 24.9 Å². The van der Waals surface area contributed by atoms with E-state index in [1.807, 2.05) is 6.07 Å². The molecule has 4 rings (SSSR count). The topological polar surface area (TPSA) is 80.3 Å². The number of aryl methyl sites for hydroxylation is 1. The average Bonchev–Trinajstić information content (AvgIpc) is 3.23. The van der Waals surface area contributed by atoms with Gasteiger partial charge < -0.3 is 23.7 Å². The van der Waals surface area contributed by atoms with Gasteiger partial charge in [0.05, 0.1) is 5.56 Å². The fraction of sp³-hybridized carbons (Fsp3) is 0.304. The maximum Gasteiger partial charge on any atom is 0.344 e. The number of hydrogen-bond acceptors (Lipinski definition) is 7. The number of carbonyl (C=O) groups excluding carboxylic acids is 2. The van der Waals surface area contributed by atoms with Crippen molar-refractivity contribution in [3.05, 3.63) is 52.8 Å². The molecule has 0 N–H and O–H groups in total. The lowest BCUT2D eigenvalue weighted by Gasteiger charge is -2.19. The predicted molar refractivity (Wildman–Crippen MR) is 108 cm³/mol. The maximum absolute atomic E-state index is 12.8. The standard InChI is InChI=1S/C23H22O7/c1-13-7-15(26-11-20(24)30-23(2,3)4)10-18-21(13)22(25)19(29-18)9-14-5-6-16-17(8-14)28-12-27-16/h5-10H,11-12H2,1-4H3/b19-9-. The Kier molecular flexibility index (Phi) is 4.89. The van der Waals surface area contributed by atoms with Crippen molar-refractivity contribution in [2.75, 3.05) is 13.4 Å². The van der Waals surface area contributed by atoms with E-state index in [2.05, 4.69) is 0 Å². The molecule has 0 amide bonds. The zero-order valence-corrected chi connectivity index (χ0v) is 17.2. The molecule has 30 heavy (non-hydrogen) atoms. The lowest BCUT2D eigenvalue weighted by Crippen LogP contribution is -2.27. The minimum Gasteiger partial charge on any atom is -0.482 e. The highest BCUT2D eigenvalue weighted by atomic mass is 16.7. The Hall–Kier alpha value is -3.48. The average molecular weight is 410 g/mol. The fourth-order valence-corrected chi connectivity index (χ4v) is 3.23. The van der Waals surface area contributed by atoms with Crippen LogP contribution in [0.5, 0.6) is 23.0 Å². The van der Waals surface area contributed by atoms with Crippen LogP contribution in [-0.2, 0) is 9.53 Å². The van der Waals surface area contributed by atoms with Gasteiger partial charge in [-0.2, -0.15) is 0 Å². The van der Waals surface area contributed by atoms with Crippen LogP contribution in [0.2, 0.25) is 0 Å². The quantitative estimate of drug-likeness (QED) is 0.555. The molecular formula is C23H22O7. The van der Waals surface area contributed by atoms with Crippen molar-refractivity contribution in [3.8, 4) is 23.0 Å². The summed E-state index contributed by atoms with van der Waals surface area (Å²) in [5.41, 5.74) is 1.35. The summed E-state index contributed by atoms with van der Waals surface area (Å²) in [5, 5.41) is 0. The monoisotopic (exact) mass is 410 g/mol. The second kappa shape index (κ2) is 7.40. The van der Waals surface area contributed by atoms with Gasteiger partial charge in [0, 0.05) is 6.07 Å². The molecule has 7 heteroatoms. The van der Waals surface area contributed by atoms with Crippen LogP contribution in [-0.4, -0.2) is 30.8 Å². The van der Waals surface area contributed by atoms with Gasteiger partial charge in [-0.05, 0) is 63.1 Å². The van der Waals surface area contributed by atoms with Gasteiger partial charge in [-0.15, -0.1) is 0 Å². The van der Waals surface area contributed by atoms with Crippen molar-refractivity contribution < 1.29 is 33.3 Å². The lowest BCUT2D eigenvalue weighted by molar-refractivity contribution is -0.157. The largest absolute Gasteiger partial charge is 0.482 e. The number of carbonyl (C=O) groups is 2. The molecule has 0 spiro atoms. The molecule has 0 unspecified atom stereocenters. The Morgan fingerprint density at radius 3 is 2.63 bits per heavy atom. The minimum absolute atomic E-state index is 0.182. The molecule has 0 aromatic heterocycles. The van der Waals surface area contributed by atoms with Crippen molar-refractivity contribution in [1.29, 1.82) is 0 Å². The Morgan fingerprint density at radius 1 is 1.10 bits per heavy atom. The molecule has 2 aliphatic rings. The summed E-state index contributed by atoms with van der Waals surface area (Å²) in [7, 11) is 0. The van der Waals surface area contributed by atoms with Gasteiger partial charge in [-0.1, -0.05) is 6.07 Å². The minimum atomic E-state index is -0.585. The van der Waals surface area contributed by atoms with E-state index in [4.69, 9.17) is 23.7 Å². The molecule has 0 fully saturated rings. The highest BCUT2D eigenvalue weighted by Gasteiger charge is 2.30. The number of allylic oxidation sites excluding steroid dienone is 1. The SMILES string of the molecule is Cc1cc(OCC(=O)OC(C)(C)C)cc2c1C(=O)/C(=C/c1ccc3c(c1)OCO3)O2. The molecule has 2 aromatic rings. The number of hydrogen-bond donors (Lipinski definition) is 0. The van der Waals surface area contributed by atoms with Crippen molar-refractivity contribution in [2.45, 2.75) is 33.3 Å². The smallest absolute Gasteiger partial charge is 0.344 e. The number of benzene rings is 2. The summed E-state index contributed by atoms with van der Waals surface area (Å²) < 4.78 is 27.2. The van der Waals surface area contributed by atoms with Crippen LogP contribution in [0.4, 0.5) is 0 Å². The van der Waals surface area contributed by atoms with Crippen LogP contribution < -0.4 is 18.9 Å². The van der Waals surface area contributed by atoms with Crippen molar-refractivity contribution in [1.82, 2.24) is 0 Å². The molecular weight excluding hydrogens is 388 g/mol. The van der Waals surface area contributed by atoms with Gasteiger partial charge in [0.2, 0.25) is 12.6 Å². The fourth-order valence-electron chi connectivity index (χ4n) is 3.23. The van der Waals surface area contributed by atoms with Crippen LogP contribution >= 0.6 is 0 Å². The molecule has 0 saturated carbocycles. The Bertz CT molecular complexity index is 1060. The van der Waals surface area contributed by atoms with Crippen molar-refractivity contribution in [3.63, 3.8) is 0 Å². The molecule has 2 heterocycles. The first-order valence-corrected chi connectivity index (χ1v) is 9.53. The van der Waals surface area contributed by atoms with Crippen LogP contribution in [0.3, 0.4) is 0 Å². The molecule has 156 valence electrons. The third-order valence-electron chi connectivity index (χ3n) is 4.41. The molecule has 2 aromatic carbocycles. The summed E-state index contributed by atoms with van der Waals surface area (Å²) in [6, 6.07) is 8.70. The summed E-state index contributed by atoms with van der Waals surface area (Å²) in [6.45, 7) is 7.11. The van der Waals surface area contributed by atoms with Gasteiger partial charge in [0.25, 0.3) is 0 Å². The second-order valence-corrected chi connectivity index (χ2v) is 8.04. The first-order valence-electron chi connectivity index (χ1n) is 9.53. The van der Waals surface area contributed by atoms with Crippen molar-refractivity contribution >= 4 is 17.8 Å². The van der Waals surface area contributed by atoms with Gasteiger partial charge in [0.15, 0.2) is 23.9 Å². The van der Waals surface area contributed by atoms with Gasteiger partial charge in [-0.3, -0.25) is 4.79 Å². The number of Topliss-reactive ketones (excluding diaryl/α,β-unsaturated/α-hetero) is 1. The summed E-state index contributed by atoms with van der Waals surface area (Å²) in [5.74, 6) is 1.64. The number of fused-ring (bicyclic) bond motifs is 2. The molecule has 0 radical (unpaired) electrons. The third-order valence-corrected chi connectivity index (χ3v) is 4.41. The summed E-state index contributed by atoms with van der Waals surface area (Å²) >= 11 is 0. The number of ketones is 1. The number of esters is 1. The van der Waals surface area contributed by atoms with E-state index in [9.17, 15) is 9.59 Å². The van der Waals surface area contributed by atoms with Crippen LogP contribution in [0, 0.1) is 6.92 Å². The van der Waals surface area contributed by atoms with Crippen LogP contribution in [0.15, 0.2) is 36.1 Å². The highest BCUT2D eigenvalue weighted by molar-refractivity contribution is 6.15. The van der Waals surface area contributed by atoms with E-state index in [1.165, 1.54) is 0 Å². The molecule has 2 aliphatic heterocycles. The van der Waals surface area contributed by atoms with E-state index in [0.717, 1.165) is 5.56 Å². The van der Waals surface area contributed by atoms with Crippen LogP contribution in [0.1, 0.15) is 42.3 Å². The van der Waals surface area contributed by atoms with E-state index >= 15 is 0 Å². The van der Waals surface area contributed by atoms with Gasteiger partial charge in [0.1, 0.15) is 17.1 Å². The van der Waals surface area contributed by atoms with Crippen molar-refractivity contribution in [2.24, 2.45) is 0 Å². The Labute approximate surface area is 174 Å². The van der Waals surface area contributed by atoms with E-state index in [1.54, 1.807) is 58.0 Å². The number of rotatable bonds is 4. The number of ether oxygens (including phenoxy) is 5. The first kappa shape index (κ1) is 19.8. The second-order valence-electron chi connectivity index (χ2n) is 8.04. The lowest BCUT2D eigenvalue weighted by atomic mass is 10.0. The summed E-state index contributed by atoms with van der Waals surface area (Å²) in [6.07, 6.45) is 1.66. The molecule has 0 aliphatic carbocycles. The first-order chi connectivity index (χ1) is 14.2. The third kappa shape index (κ3) is 4.10. The Balaban J connectivity index is 1.51. The van der Waals surface area contributed by atoms with E-state index in [0.29, 0.717) is 34.1 Å². The molecule has 0 bridgehead atoms. The predicted octanol–water partition coefficient (Wildman–Crippen LogP) is 4.06. The van der Waals surface area contributed by atoms with E-state index < -0.39 is 11.6 Å². The normalized spacial score (nSPS) is 15.7. The molecule has 0 atom stereocenters. The zero-order chi connectivity index (χ0) is 21.5. The maximum atomic E-state index is 12.8. The molecule has 7 nitrogen and oxygen atoms in total. The van der Waals surface area contributed by atoms with Gasteiger partial charge in [-0.25, -0.2) is 4.79 Å². The zero-order valence-electron chi connectivity index (χ0n) is 17.2. The summed E-state index contributed by atoms with van der Waals surface area (Å²) in [4.78, 5) is 24.7.